The predicted molar refractivity (Wildman–Crippen MR) is 98.2 cm³/mol. The fourth-order valence-electron chi connectivity index (χ4n) is 2.36. The van der Waals surface area contributed by atoms with Crippen molar-refractivity contribution >= 4 is 29.1 Å². The topological polar surface area (TPSA) is 165 Å². The molecule has 12 heteroatoms. The molecule has 2 rings (SSSR count). The number of amidine groups is 1. The average Bonchev–Trinajstić information content (AvgIpc) is 2.62. The summed E-state index contributed by atoms with van der Waals surface area (Å²) in [5.74, 6) is -1.72. The largest absolute Gasteiger partial charge is 0.416 e. The number of rotatable bonds is 4. The summed E-state index contributed by atoms with van der Waals surface area (Å²) in [5.41, 5.74) is 15.3. The van der Waals surface area contributed by atoms with E-state index >= 15 is 0 Å². The van der Waals surface area contributed by atoms with Crippen molar-refractivity contribution < 1.29 is 22.7 Å². The Morgan fingerprint density at radius 2 is 1.89 bits per heavy atom. The molecule has 1 heterocycles. The third kappa shape index (κ3) is 5.76. The van der Waals surface area contributed by atoms with Crippen LogP contribution in [-0.2, 0) is 15.7 Å². The van der Waals surface area contributed by atoms with E-state index in [1.807, 2.05) is 0 Å². The Bertz CT molecular complexity index is 790. The first kappa shape index (κ1) is 21.3. The van der Waals surface area contributed by atoms with Crippen molar-refractivity contribution in [2.24, 2.45) is 27.2 Å². The number of hydrogen-bond acceptors (Lipinski definition) is 5. The van der Waals surface area contributed by atoms with Gasteiger partial charge in [-0.15, -0.1) is 0 Å². The minimum atomic E-state index is -4.49. The quantitative estimate of drug-likeness (QED) is 0.366. The summed E-state index contributed by atoms with van der Waals surface area (Å²) in [5, 5.41) is 10.3. The smallest absolute Gasteiger partial charge is 0.380 e. The number of carbonyl (C=O) groups is 1. The van der Waals surface area contributed by atoms with E-state index in [1.54, 1.807) is 0 Å². The Balaban J connectivity index is 2.25. The van der Waals surface area contributed by atoms with Crippen molar-refractivity contribution in [3.8, 4) is 0 Å². The molecule has 9 nitrogen and oxygen atoms in total. The molecule has 0 radical (unpaired) electrons. The lowest BCUT2D eigenvalue weighted by molar-refractivity contribution is -0.137. The van der Waals surface area contributed by atoms with Gasteiger partial charge in [0.05, 0.1) is 24.3 Å². The second-order valence-electron chi connectivity index (χ2n) is 5.98. The molecule has 0 spiro atoms. The number of anilines is 1. The molecule has 152 valence electrons. The van der Waals surface area contributed by atoms with E-state index in [0.717, 1.165) is 24.3 Å². The fourth-order valence-corrected chi connectivity index (χ4v) is 2.36. The number of carbonyl (C=O) groups excluding carboxylic acids is 1. The first-order chi connectivity index (χ1) is 13.1. The van der Waals surface area contributed by atoms with E-state index < -0.39 is 23.4 Å². The van der Waals surface area contributed by atoms with Gasteiger partial charge < -0.3 is 27.3 Å². The van der Waals surface area contributed by atoms with Crippen LogP contribution in [-0.4, -0.2) is 48.7 Å². The zero-order valence-corrected chi connectivity index (χ0v) is 14.7. The lowest BCUT2D eigenvalue weighted by Gasteiger charge is -2.25. The maximum Gasteiger partial charge on any atom is 0.416 e. The molecule has 1 aliphatic heterocycles. The first-order valence-electron chi connectivity index (χ1n) is 8.16. The van der Waals surface area contributed by atoms with E-state index in [4.69, 9.17) is 27.3 Å². The van der Waals surface area contributed by atoms with Gasteiger partial charge in [-0.2, -0.15) is 18.2 Å². The number of ether oxygens (including phenoxy) is 1. The van der Waals surface area contributed by atoms with Crippen LogP contribution in [0.1, 0.15) is 12.0 Å². The third-order valence-electron chi connectivity index (χ3n) is 3.85. The van der Waals surface area contributed by atoms with Crippen LogP contribution in [0.4, 0.5) is 18.9 Å². The monoisotopic (exact) mass is 399 g/mol. The number of benzene rings is 1. The number of primary amides is 1. The standard InChI is InChI=1S/C16H20F3N7O2/c17-16(18,19)8-1-3-9(4-2-8)24-14(12(21)13(22)27)26-15(23)25-11-5-6-28-7-10(11)20/h1-4,10-11,21H,5-7,20H2,(H2,22,27)(H3,23,24,25,26)/t10-,11+/m0/s1. The summed E-state index contributed by atoms with van der Waals surface area (Å²) in [6.07, 6.45) is -3.97. The molecule has 1 fully saturated rings. The van der Waals surface area contributed by atoms with Crippen molar-refractivity contribution in [1.29, 1.82) is 5.41 Å². The molecule has 0 unspecified atom stereocenters. The lowest BCUT2D eigenvalue weighted by Crippen LogP contribution is -2.43. The number of halogens is 3. The number of aliphatic imine (C=N–C) groups is 2. The van der Waals surface area contributed by atoms with Crippen molar-refractivity contribution in [2.45, 2.75) is 24.7 Å². The Morgan fingerprint density at radius 3 is 2.43 bits per heavy atom. The third-order valence-corrected chi connectivity index (χ3v) is 3.85. The molecule has 0 aromatic heterocycles. The van der Waals surface area contributed by atoms with Gasteiger partial charge in [-0.1, -0.05) is 0 Å². The molecule has 0 bridgehead atoms. The molecule has 1 aromatic carbocycles. The van der Waals surface area contributed by atoms with Gasteiger partial charge in [0, 0.05) is 12.3 Å². The van der Waals surface area contributed by atoms with Crippen LogP contribution in [0.3, 0.4) is 0 Å². The molecule has 1 aromatic rings. The zero-order chi connectivity index (χ0) is 20.9. The van der Waals surface area contributed by atoms with E-state index in [9.17, 15) is 18.0 Å². The molecular formula is C16H20F3N7O2. The predicted octanol–water partition coefficient (Wildman–Crippen LogP) is 0.452. The van der Waals surface area contributed by atoms with Crippen LogP contribution in [0.2, 0.25) is 0 Å². The SMILES string of the molecule is N=C(C(N)=O)C(=NC(N)=N[C@@H]1CCOC[C@@H]1N)Nc1ccc(C(F)(F)F)cc1. The normalized spacial score (nSPS) is 21.3. The van der Waals surface area contributed by atoms with Crippen LogP contribution in [0.15, 0.2) is 34.3 Å². The summed E-state index contributed by atoms with van der Waals surface area (Å²) in [6, 6.07) is 3.18. The van der Waals surface area contributed by atoms with E-state index in [2.05, 4.69) is 15.3 Å². The van der Waals surface area contributed by atoms with Crippen LogP contribution in [0.25, 0.3) is 0 Å². The van der Waals surface area contributed by atoms with Gasteiger partial charge in [-0.25, -0.2) is 4.99 Å². The Kier molecular flexibility index (Phi) is 6.70. The lowest BCUT2D eigenvalue weighted by atomic mass is 10.1. The number of nitrogens with one attached hydrogen (secondary N) is 2. The molecule has 1 amide bonds. The van der Waals surface area contributed by atoms with Gasteiger partial charge in [-0.05, 0) is 30.7 Å². The second-order valence-corrected chi connectivity index (χ2v) is 5.98. The first-order valence-corrected chi connectivity index (χ1v) is 8.16. The molecule has 0 saturated carbocycles. The Labute approximate surface area is 158 Å². The molecule has 8 N–H and O–H groups in total. The van der Waals surface area contributed by atoms with Gasteiger partial charge in [0.2, 0.25) is 5.96 Å². The highest BCUT2D eigenvalue weighted by Gasteiger charge is 2.30. The number of nitrogens with two attached hydrogens (primary N) is 3. The number of nitrogens with zero attached hydrogens (tertiary/aromatic N) is 2. The highest BCUT2D eigenvalue weighted by molar-refractivity contribution is 6.67. The molecule has 1 aliphatic rings. The average molecular weight is 399 g/mol. The summed E-state index contributed by atoms with van der Waals surface area (Å²) >= 11 is 0. The maximum absolute atomic E-state index is 12.7. The highest BCUT2D eigenvalue weighted by atomic mass is 19.4. The van der Waals surface area contributed by atoms with Gasteiger partial charge >= 0.3 is 6.18 Å². The summed E-state index contributed by atoms with van der Waals surface area (Å²) in [6.45, 7) is 0.756. The number of amides is 1. The molecule has 0 aliphatic carbocycles. The minimum absolute atomic E-state index is 0.147. The van der Waals surface area contributed by atoms with Crippen LogP contribution >= 0.6 is 0 Å². The van der Waals surface area contributed by atoms with E-state index in [1.165, 1.54) is 0 Å². The summed E-state index contributed by atoms with van der Waals surface area (Å²) in [4.78, 5) is 19.4. The number of alkyl halides is 3. The molecular weight excluding hydrogens is 379 g/mol. The van der Waals surface area contributed by atoms with Gasteiger partial charge in [0.15, 0.2) is 11.5 Å². The van der Waals surface area contributed by atoms with Crippen molar-refractivity contribution in [3.63, 3.8) is 0 Å². The van der Waals surface area contributed by atoms with Gasteiger partial charge in [0.1, 0.15) is 0 Å². The van der Waals surface area contributed by atoms with Crippen molar-refractivity contribution in [3.05, 3.63) is 29.8 Å². The molecule has 1 saturated heterocycles. The van der Waals surface area contributed by atoms with Crippen LogP contribution in [0, 0.1) is 5.41 Å². The summed E-state index contributed by atoms with van der Waals surface area (Å²) < 4.78 is 43.2. The van der Waals surface area contributed by atoms with Crippen LogP contribution in [0.5, 0.6) is 0 Å². The van der Waals surface area contributed by atoms with Gasteiger partial charge in [-0.3, -0.25) is 10.2 Å². The maximum atomic E-state index is 12.7. The minimum Gasteiger partial charge on any atom is -0.380 e. The molecule has 2 atom stereocenters. The van der Waals surface area contributed by atoms with Crippen molar-refractivity contribution in [2.75, 3.05) is 18.5 Å². The second kappa shape index (κ2) is 8.80. The van der Waals surface area contributed by atoms with Crippen molar-refractivity contribution in [1.82, 2.24) is 0 Å². The highest BCUT2D eigenvalue weighted by Crippen LogP contribution is 2.29. The van der Waals surface area contributed by atoms with E-state index in [-0.39, 0.29) is 29.6 Å². The number of hydrogen-bond donors (Lipinski definition) is 5. The molecule has 28 heavy (non-hydrogen) atoms. The summed E-state index contributed by atoms with van der Waals surface area (Å²) in [7, 11) is 0. The van der Waals surface area contributed by atoms with Crippen LogP contribution < -0.4 is 22.5 Å². The zero-order valence-electron chi connectivity index (χ0n) is 14.7. The fraction of sp³-hybridized carbons (Fsp3) is 0.375. The Morgan fingerprint density at radius 1 is 1.25 bits per heavy atom. The number of guanidine groups is 1. The Hall–Kier alpha value is -2.99. The van der Waals surface area contributed by atoms with Gasteiger partial charge in [0.25, 0.3) is 5.91 Å². The van der Waals surface area contributed by atoms with E-state index in [0.29, 0.717) is 19.6 Å².